The van der Waals surface area contributed by atoms with E-state index in [2.05, 4.69) is 14.3 Å². The molecule has 11 nitrogen and oxygen atoms in total. The molecule has 0 bridgehead atoms. The molecular formula is C16H20N2O9S. The summed E-state index contributed by atoms with van der Waals surface area (Å²) >= 11 is 0. The third kappa shape index (κ3) is 4.07. The molecular weight excluding hydrogens is 396 g/mol. The number of nitrogens with zero attached hydrogens (tertiary/aromatic N) is 2. The van der Waals surface area contributed by atoms with E-state index in [4.69, 9.17) is 0 Å². The number of rotatable bonds is 6. The minimum absolute atomic E-state index is 0.0940. The molecule has 1 aromatic carbocycles. The summed E-state index contributed by atoms with van der Waals surface area (Å²) in [5.41, 5.74) is -1.27. The van der Waals surface area contributed by atoms with Gasteiger partial charge in [-0.15, -0.1) is 10.1 Å². The van der Waals surface area contributed by atoms with Gasteiger partial charge in [0.05, 0.1) is 19.1 Å². The molecule has 28 heavy (non-hydrogen) atoms. The van der Waals surface area contributed by atoms with E-state index < -0.39 is 58.1 Å². The third-order valence-electron chi connectivity index (χ3n) is 4.48. The number of benzene rings is 1. The largest absolute Gasteiger partial charge is 0.468 e. The molecule has 0 N–H and O–H groups in total. The Morgan fingerprint density at radius 3 is 2.18 bits per heavy atom. The van der Waals surface area contributed by atoms with Crippen molar-refractivity contribution in [1.82, 2.24) is 4.31 Å². The molecule has 12 heteroatoms. The Labute approximate surface area is 161 Å². The lowest BCUT2D eigenvalue weighted by Crippen LogP contribution is -2.59. The molecule has 1 atom stereocenters. The highest BCUT2D eigenvalue weighted by molar-refractivity contribution is 7.89. The first-order chi connectivity index (χ1) is 13.1. The van der Waals surface area contributed by atoms with Gasteiger partial charge < -0.3 is 14.3 Å². The van der Waals surface area contributed by atoms with E-state index >= 15 is 0 Å². The normalized spacial score (nSPS) is 19.5. The fourth-order valence-electron chi connectivity index (χ4n) is 3.12. The first-order valence-electron chi connectivity index (χ1n) is 8.11. The van der Waals surface area contributed by atoms with Gasteiger partial charge in [-0.3, -0.25) is 9.59 Å². The number of methoxy groups -OCH3 is 2. The zero-order valence-corrected chi connectivity index (χ0v) is 16.3. The SMILES string of the molecule is COC(=O)C1(C(=O)OC)CC(O[N+](=O)[O-])CN(S(=O)(=O)c2ccc(C)cc2)C1. The summed E-state index contributed by atoms with van der Waals surface area (Å²) in [5, 5.41) is 9.70. The number of piperidine rings is 1. The van der Waals surface area contributed by atoms with Gasteiger partial charge in [0.25, 0.3) is 5.09 Å². The number of carbonyl (C=O) groups is 2. The molecule has 1 saturated heterocycles. The molecule has 0 radical (unpaired) electrons. The quantitative estimate of drug-likeness (QED) is 0.277. The van der Waals surface area contributed by atoms with Crippen molar-refractivity contribution in [3.63, 3.8) is 0 Å². The van der Waals surface area contributed by atoms with Crippen molar-refractivity contribution in [1.29, 1.82) is 0 Å². The Bertz CT molecular complexity index is 851. The number of hydrogen-bond donors (Lipinski definition) is 0. The predicted octanol–water partition coefficient (Wildman–Crippen LogP) is 0.299. The summed E-state index contributed by atoms with van der Waals surface area (Å²) in [4.78, 5) is 40.0. The summed E-state index contributed by atoms with van der Waals surface area (Å²) < 4.78 is 36.2. The first-order valence-corrected chi connectivity index (χ1v) is 9.55. The molecule has 1 aliphatic rings. The second-order valence-corrected chi connectivity index (χ2v) is 8.27. The van der Waals surface area contributed by atoms with Crippen molar-refractivity contribution in [2.45, 2.75) is 24.3 Å². The van der Waals surface area contributed by atoms with E-state index in [0.29, 0.717) is 0 Å². The van der Waals surface area contributed by atoms with Gasteiger partial charge in [-0.25, -0.2) is 8.42 Å². The van der Waals surface area contributed by atoms with Gasteiger partial charge in [-0.2, -0.15) is 4.31 Å². The molecule has 1 unspecified atom stereocenters. The summed E-state index contributed by atoms with van der Waals surface area (Å²) in [7, 11) is -2.15. The van der Waals surface area contributed by atoms with E-state index in [0.717, 1.165) is 24.1 Å². The molecule has 154 valence electrons. The minimum Gasteiger partial charge on any atom is -0.468 e. The topological polar surface area (TPSA) is 142 Å². The van der Waals surface area contributed by atoms with Crippen LogP contribution in [0.15, 0.2) is 29.2 Å². The molecule has 1 aromatic rings. The second kappa shape index (κ2) is 8.10. The number of carbonyl (C=O) groups excluding carboxylic acids is 2. The fraction of sp³-hybridized carbons (Fsp3) is 0.500. The molecule has 0 aromatic heterocycles. The predicted molar refractivity (Wildman–Crippen MR) is 92.9 cm³/mol. The standard InChI is InChI=1S/C16H20N2O9S/c1-11-4-6-13(7-5-11)28(23,24)17-9-12(27-18(21)22)8-16(10-17,14(19)25-2)15(20)26-3/h4-7,12H,8-10H2,1-3H3. The van der Waals surface area contributed by atoms with E-state index in [1.807, 2.05) is 0 Å². The van der Waals surface area contributed by atoms with Crippen molar-refractivity contribution in [2.24, 2.45) is 5.41 Å². The molecule has 1 fully saturated rings. The molecule has 1 aliphatic heterocycles. The number of ether oxygens (including phenoxy) is 2. The molecule has 0 amide bonds. The summed E-state index contributed by atoms with van der Waals surface area (Å²) in [6, 6.07) is 5.88. The van der Waals surface area contributed by atoms with Crippen LogP contribution in [0.4, 0.5) is 0 Å². The van der Waals surface area contributed by atoms with Crippen LogP contribution in [0.2, 0.25) is 0 Å². The summed E-state index contributed by atoms with van der Waals surface area (Å²) in [5.74, 6) is -2.14. The Morgan fingerprint density at radius 1 is 1.18 bits per heavy atom. The van der Waals surface area contributed by atoms with Crippen molar-refractivity contribution < 1.29 is 37.4 Å². The second-order valence-electron chi connectivity index (χ2n) is 6.33. The van der Waals surface area contributed by atoms with Crippen molar-refractivity contribution >= 4 is 22.0 Å². The molecule has 0 saturated carbocycles. The first kappa shape index (κ1) is 21.6. The summed E-state index contributed by atoms with van der Waals surface area (Å²) in [6.45, 7) is 0.755. The van der Waals surface area contributed by atoms with Gasteiger partial charge >= 0.3 is 11.9 Å². The third-order valence-corrected chi connectivity index (χ3v) is 6.30. The highest BCUT2D eigenvalue weighted by Gasteiger charge is 2.56. The highest BCUT2D eigenvalue weighted by Crippen LogP contribution is 2.36. The maximum absolute atomic E-state index is 13.0. The van der Waals surface area contributed by atoms with Gasteiger partial charge in [0.15, 0.2) is 5.41 Å². The van der Waals surface area contributed by atoms with Gasteiger partial charge in [0.1, 0.15) is 6.10 Å². The van der Waals surface area contributed by atoms with Crippen LogP contribution in [0, 0.1) is 22.5 Å². The smallest absolute Gasteiger partial charge is 0.324 e. The van der Waals surface area contributed by atoms with Crippen LogP contribution < -0.4 is 0 Å². The van der Waals surface area contributed by atoms with E-state index in [1.54, 1.807) is 19.1 Å². The lowest BCUT2D eigenvalue weighted by molar-refractivity contribution is -0.769. The number of sulfonamides is 1. The zero-order chi connectivity index (χ0) is 21.1. The van der Waals surface area contributed by atoms with Crippen LogP contribution >= 0.6 is 0 Å². The fourth-order valence-corrected chi connectivity index (χ4v) is 4.65. The van der Waals surface area contributed by atoms with Crippen LogP contribution in [-0.2, 0) is 33.9 Å². The number of esters is 2. The molecule has 0 aliphatic carbocycles. The van der Waals surface area contributed by atoms with E-state index in [1.165, 1.54) is 12.1 Å². The maximum atomic E-state index is 13.0. The Balaban J connectivity index is 2.53. The Morgan fingerprint density at radius 2 is 1.71 bits per heavy atom. The van der Waals surface area contributed by atoms with Crippen molar-refractivity contribution in [3.05, 3.63) is 39.9 Å². The minimum atomic E-state index is -4.19. The van der Waals surface area contributed by atoms with Gasteiger partial charge in [-0.1, -0.05) is 17.7 Å². The van der Waals surface area contributed by atoms with Crippen LogP contribution in [0.25, 0.3) is 0 Å². The van der Waals surface area contributed by atoms with Crippen LogP contribution in [0.1, 0.15) is 12.0 Å². The van der Waals surface area contributed by atoms with Crippen molar-refractivity contribution in [2.75, 3.05) is 27.3 Å². The van der Waals surface area contributed by atoms with Crippen LogP contribution in [-0.4, -0.2) is 63.2 Å². The number of aryl methyl sites for hydroxylation is 1. The molecule has 1 heterocycles. The number of hydrogen-bond acceptors (Lipinski definition) is 9. The van der Waals surface area contributed by atoms with Gasteiger partial charge in [0.2, 0.25) is 10.0 Å². The Hall–Kier alpha value is -2.73. The van der Waals surface area contributed by atoms with Crippen LogP contribution in [0.3, 0.4) is 0 Å². The van der Waals surface area contributed by atoms with E-state index in [-0.39, 0.29) is 4.90 Å². The summed E-state index contributed by atoms with van der Waals surface area (Å²) in [6.07, 6.45) is -1.84. The zero-order valence-electron chi connectivity index (χ0n) is 15.5. The average Bonchev–Trinajstić information content (AvgIpc) is 2.66. The Kier molecular flexibility index (Phi) is 6.24. The molecule has 0 spiro atoms. The van der Waals surface area contributed by atoms with E-state index in [9.17, 15) is 28.1 Å². The lowest BCUT2D eigenvalue weighted by atomic mass is 9.79. The monoisotopic (exact) mass is 416 g/mol. The van der Waals surface area contributed by atoms with Crippen molar-refractivity contribution in [3.8, 4) is 0 Å². The average molecular weight is 416 g/mol. The maximum Gasteiger partial charge on any atom is 0.324 e. The van der Waals surface area contributed by atoms with Gasteiger partial charge in [0, 0.05) is 19.5 Å². The van der Waals surface area contributed by atoms with Gasteiger partial charge in [-0.05, 0) is 19.1 Å². The molecule has 2 rings (SSSR count). The van der Waals surface area contributed by atoms with Crippen LogP contribution in [0.5, 0.6) is 0 Å². The highest BCUT2D eigenvalue weighted by atomic mass is 32.2. The lowest BCUT2D eigenvalue weighted by Gasteiger charge is -2.40.